The first-order valence-electron chi connectivity index (χ1n) is 3.08. The lowest BCUT2D eigenvalue weighted by atomic mass is 10.2. The molecule has 1 fully saturated rings. The average Bonchev–Trinajstić information content (AvgIpc) is 2.13. The number of allylic oxidation sites excluding steroid dienone is 1. The highest BCUT2D eigenvalue weighted by molar-refractivity contribution is 4.93. The van der Waals surface area contributed by atoms with Crippen LogP contribution in [0.5, 0.6) is 0 Å². The monoisotopic (exact) mass is 128 g/mol. The number of methoxy groups -OCH3 is 1. The van der Waals surface area contributed by atoms with Crippen LogP contribution >= 0.6 is 0 Å². The summed E-state index contributed by atoms with van der Waals surface area (Å²) in [4.78, 5) is 0. The quantitative estimate of drug-likeness (QED) is 0.534. The van der Waals surface area contributed by atoms with Gasteiger partial charge in [-0.3, -0.25) is 0 Å². The van der Waals surface area contributed by atoms with Crippen LogP contribution in [-0.4, -0.2) is 12.9 Å². The standard InChI is InChI=1S/C7H12O2/c1-6-4-5-7(2,8-3)9-6/h1,4-5H2,2-3H3. The molecule has 0 N–H and O–H groups in total. The van der Waals surface area contributed by atoms with Crippen molar-refractivity contribution in [3.05, 3.63) is 12.3 Å². The van der Waals surface area contributed by atoms with Gasteiger partial charge in [-0.05, 0) is 0 Å². The molecule has 0 aromatic carbocycles. The van der Waals surface area contributed by atoms with Crippen LogP contribution in [0, 0.1) is 0 Å². The summed E-state index contributed by atoms with van der Waals surface area (Å²) in [6.07, 6.45) is 1.84. The van der Waals surface area contributed by atoms with Gasteiger partial charge in [0.25, 0.3) is 0 Å². The van der Waals surface area contributed by atoms with E-state index in [-0.39, 0.29) is 0 Å². The van der Waals surface area contributed by atoms with E-state index in [4.69, 9.17) is 9.47 Å². The molecule has 0 saturated carbocycles. The van der Waals surface area contributed by atoms with Crippen LogP contribution in [0.25, 0.3) is 0 Å². The highest BCUT2D eigenvalue weighted by atomic mass is 16.7. The molecule has 0 spiro atoms. The Hall–Kier alpha value is -0.500. The summed E-state index contributed by atoms with van der Waals surface area (Å²) in [5, 5.41) is 0. The highest BCUT2D eigenvalue weighted by Crippen LogP contribution is 2.31. The van der Waals surface area contributed by atoms with Gasteiger partial charge in [-0.1, -0.05) is 6.58 Å². The van der Waals surface area contributed by atoms with Crippen molar-refractivity contribution < 1.29 is 9.47 Å². The first-order valence-corrected chi connectivity index (χ1v) is 3.08. The zero-order chi connectivity index (χ0) is 6.91. The second-order valence-corrected chi connectivity index (χ2v) is 2.48. The number of hydrogen-bond acceptors (Lipinski definition) is 2. The molecule has 1 aliphatic rings. The summed E-state index contributed by atoms with van der Waals surface area (Å²) in [5.74, 6) is 0.441. The van der Waals surface area contributed by atoms with Crippen molar-refractivity contribution >= 4 is 0 Å². The molecule has 0 aliphatic carbocycles. The van der Waals surface area contributed by atoms with Crippen LogP contribution in [-0.2, 0) is 9.47 Å². The fourth-order valence-electron chi connectivity index (χ4n) is 0.918. The maximum absolute atomic E-state index is 5.28. The van der Waals surface area contributed by atoms with Crippen molar-refractivity contribution in [1.29, 1.82) is 0 Å². The average molecular weight is 128 g/mol. The van der Waals surface area contributed by atoms with E-state index in [2.05, 4.69) is 6.58 Å². The first kappa shape index (κ1) is 6.62. The summed E-state index contributed by atoms with van der Waals surface area (Å²) < 4.78 is 10.4. The maximum Gasteiger partial charge on any atom is 0.207 e. The minimum atomic E-state index is -0.392. The van der Waals surface area contributed by atoms with Gasteiger partial charge >= 0.3 is 0 Å². The van der Waals surface area contributed by atoms with Gasteiger partial charge in [-0.15, -0.1) is 0 Å². The molecule has 0 bridgehead atoms. The van der Waals surface area contributed by atoms with Gasteiger partial charge in [0, 0.05) is 26.9 Å². The lowest BCUT2D eigenvalue weighted by Gasteiger charge is -2.20. The summed E-state index contributed by atoms with van der Waals surface area (Å²) >= 11 is 0. The Bertz CT molecular complexity index is 131. The maximum atomic E-state index is 5.28. The smallest absolute Gasteiger partial charge is 0.207 e. The Morgan fingerprint density at radius 2 is 2.44 bits per heavy atom. The van der Waals surface area contributed by atoms with Crippen molar-refractivity contribution in [2.75, 3.05) is 7.11 Å². The van der Waals surface area contributed by atoms with Crippen LogP contribution < -0.4 is 0 Å². The molecular weight excluding hydrogens is 116 g/mol. The summed E-state index contributed by atoms with van der Waals surface area (Å²) in [5.41, 5.74) is 0. The van der Waals surface area contributed by atoms with Crippen molar-refractivity contribution in [2.45, 2.75) is 25.6 Å². The van der Waals surface area contributed by atoms with E-state index in [1.54, 1.807) is 7.11 Å². The van der Waals surface area contributed by atoms with Gasteiger partial charge in [0.05, 0.1) is 5.76 Å². The van der Waals surface area contributed by atoms with Crippen molar-refractivity contribution in [2.24, 2.45) is 0 Å². The molecule has 2 heteroatoms. The second-order valence-electron chi connectivity index (χ2n) is 2.48. The predicted molar refractivity (Wildman–Crippen MR) is 34.9 cm³/mol. The molecule has 1 unspecified atom stereocenters. The van der Waals surface area contributed by atoms with E-state index >= 15 is 0 Å². The van der Waals surface area contributed by atoms with Gasteiger partial charge in [0.15, 0.2) is 0 Å². The van der Waals surface area contributed by atoms with Crippen molar-refractivity contribution in [3.8, 4) is 0 Å². The van der Waals surface area contributed by atoms with Crippen LogP contribution in [0.2, 0.25) is 0 Å². The third-order valence-corrected chi connectivity index (χ3v) is 1.65. The molecule has 1 saturated heterocycles. The third-order valence-electron chi connectivity index (χ3n) is 1.65. The molecule has 1 aliphatic heterocycles. The van der Waals surface area contributed by atoms with Gasteiger partial charge in [0.2, 0.25) is 5.79 Å². The van der Waals surface area contributed by atoms with Crippen molar-refractivity contribution in [1.82, 2.24) is 0 Å². The lowest BCUT2D eigenvalue weighted by Crippen LogP contribution is -2.24. The normalized spacial score (nSPS) is 34.7. The predicted octanol–water partition coefficient (Wildman–Crippen LogP) is 1.67. The lowest BCUT2D eigenvalue weighted by molar-refractivity contribution is -0.162. The number of hydrogen-bond donors (Lipinski definition) is 0. The van der Waals surface area contributed by atoms with E-state index in [1.165, 1.54) is 0 Å². The molecule has 52 valence electrons. The van der Waals surface area contributed by atoms with Crippen LogP contribution in [0.15, 0.2) is 12.3 Å². The SMILES string of the molecule is C=C1CCC(C)(OC)O1. The molecule has 9 heavy (non-hydrogen) atoms. The number of ether oxygens (including phenoxy) is 2. The van der Waals surface area contributed by atoms with Crippen LogP contribution in [0.3, 0.4) is 0 Å². The van der Waals surface area contributed by atoms with E-state index in [0.717, 1.165) is 18.6 Å². The topological polar surface area (TPSA) is 18.5 Å². The zero-order valence-electron chi connectivity index (χ0n) is 5.94. The third kappa shape index (κ3) is 1.24. The highest BCUT2D eigenvalue weighted by Gasteiger charge is 2.31. The molecular formula is C7H12O2. The van der Waals surface area contributed by atoms with Gasteiger partial charge in [0.1, 0.15) is 0 Å². The Labute approximate surface area is 55.5 Å². The fourth-order valence-corrected chi connectivity index (χ4v) is 0.918. The van der Waals surface area contributed by atoms with E-state index in [1.807, 2.05) is 6.92 Å². The van der Waals surface area contributed by atoms with Gasteiger partial charge < -0.3 is 9.47 Å². The Kier molecular flexibility index (Phi) is 1.49. The number of rotatable bonds is 1. The fraction of sp³-hybridized carbons (Fsp3) is 0.714. The molecule has 0 radical (unpaired) electrons. The first-order chi connectivity index (χ1) is 4.16. The Balaban J connectivity index is 2.54. The largest absolute Gasteiger partial charge is 0.468 e. The summed E-state index contributed by atoms with van der Waals surface area (Å²) in [6.45, 7) is 5.62. The molecule has 0 aromatic rings. The Morgan fingerprint density at radius 1 is 1.78 bits per heavy atom. The van der Waals surface area contributed by atoms with Gasteiger partial charge in [-0.2, -0.15) is 0 Å². The van der Waals surface area contributed by atoms with E-state index < -0.39 is 5.79 Å². The molecule has 0 amide bonds. The van der Waals surface area contributed by atoms with Crippen LogP contribution in [0.4, 0.5) is 0 Å². The molecule has 1 rings (SSSR count). The zero-order valence-corrected chi connectivity index (χ0v) is 5.94. The van der Waals surface area contributed by atoms with Gasteiger partial charge in [-0.25, -0.2) is 0 Å². The minimum absolute atomic E-state index is 0.392. The van der Waals surface area contributed by atoms with Crippen molar-refractivity contribution in [3.63, 3.8) is 0 Å². The second kappa shape index (κ2) is 2.03. The van der Waals surface area contributed by atoms with E-state index in [0.29, 0.717) is 0 Å². The Morgan fingerprint density at radius 3 is 2.67 bits per heavy atom. The van der Waals surface area contributed by atoms with E-state index in [9.17, 15) is 0 Å². The van der Waals surface area contributed by atoms with Crippen LogP contribution in [0.1, 0.15) is 19.8 Å². The molecule has 0 aromatic heterocycles. The molecule has 1 atom stereocenters. The minimum Gasteiger partial charge on any atom is -0.468 e. The summed E-state index contributed by atoms with van der Waals surface area (Å²) in [6, 6.07) is 0. The molecule has 1 heterocycles. The summed E-state index contributed by atoms with van der Waals surface area (Å²) in [7, 11) is 1.65. The molecule has 2 nitrogen and oxygen atoms in total.